The van der Waals surface area contributed by atoms with Crippen LogP contribution in [0.5, 0.6) is 0 Å². The van der Waals surface area contributed by atoms with Gasteiger partial charge in [-0.05, 0) is 102 Å². The number of benzene rings is 1. The number of carbonyl (C=O) groups excluding carboxylic acids is 3. The lowest BCUT2D eigenvalue weighted by Crippen LogP contribution is -2.46. The summed E-state index contributed by atoms with van der Waals surface area (Å²) in [5.41, 5.74) is 8.36. The van der Waals surface area contributed by atoms with Gasteiger partial charge in [-0.3, -0.25) is 9.69 Å². The maximum absolute atomic E-state index is 12.5. The van der Waals surface area contributed by atoms with Crippen molar-refractivity contribution >= 4 is 34.7 Å². The first-order chi connectivity index (χ1) is 18.4. The molecule has 3 amide bonds. The maximum Gasteiger partial charge on any atom is 0.410 e. The Hall–Kier alpha value is -3.23. The fourth-order valence-electron chi connectivity index (χ4n) is 6.25. The lowest BCUT2D eigenvalue weighted by Gasteiger charge is -2.46. The molecule has 0 unspecified atom stereocenters. The summed E-state index contributed by atoms with van der Waals surface area (Å²) in [4.78, 5) is 39.9. The zero-order chi connectivity index (χ0) is 28.4. The number of hydrogen-bond acceptors (Lipinski definition) is 5. The van der Waals surface area contributed by atoms with Gasteiger partial charge in [-0.15, -0.1) is 0 Å². The van der Waals surface area contributed by atoms with Crippen molar-refractivity contribution in [2.75, 3.05) is 31.1 Å². The Labute approximate surface area is 231 Å². The van der Waals surface area contributed by atoms with Crippen LogP contribution in [0.2, 0.25) is 0 Å². The largest absolute Gasteiger partial charge is 0.466 e. The summed E-state index contributed by atoms with van der Waals surface area (Å²) < 4.78 is 13.0. The van der Waals surface area contributed by atoms with Crippen LogP contribution in [0.4, 0.5) is 15.3 Å². The van der Waals surface area contributed by atoms with E-state index in [1.165, 1.54) is 4.90 Å². The number of primary amides is 1. The minimum atomic E-state index is -0.587. The molecule has 9 heteroatoms. The number of amides is 3. The summed E-state index contributed by atoms with van der Waals surface area (Å²) in [6.45, 7) is 11.5. The molecular weight excluding hydrogens is 496 g/mol. The molecule has 214 valence electrons. The number of nitrogens with zero attached hydrogens (tertiary/aromatic N) is 3. The number of ether oxygens (including phenoxy) is 2. The standard InChI is InChI=1S/C30H44N4O5/c1-6-38-26(35)12-18-34(27(31)36)24-7-8-25-23(21(24)2)11-17-33(25)22-9-13-30(14-10-22)15-19-32(20-16-30)28(37)39-29(3,4)5/h7-8,11,17,22H,6,9-10,12-16,18-20H2,1-5H3,(H2,31,36). The van der Waals surface area contributed by atoms with Gasteiger partial charge in [0.25, 0.3) is 0 Å². The number of anilines is 1. The highest BCUT2D eigenvalue weighted by Crippen LogP contribution is 2.48. The third-order valence-electron chi connectivity index (χ3n) is 8.43. The summed E-state index contributed by atoms with van der Waals surface area (Å²) in [5, 5.41) is 1.08. The fourth-order valence-corrected chi connectivity index (χ4v) is 6.25. The van der Waals surface area contributed by atoms with Crippen molar-refractivity contribution in [3.8, 4) is 0 Å². The molecule has 0 bridgehead atoms. The fraction of sp³-hybridized carbons (Fsp3) is 0.633. The highest BCUT2D eigenvalue weighted by Gasteiger charge is 2.40. The molecule has 1 saturated heterocycles. The van der Waals surface area contributed by atoms with Gasteiger partial charge < -0.3 is 24.7 Å². The number of urea groups is 1. The number of likely N-dealkylation sites (tertiary alicyclic amines) is 1. The van der Waals surface area contributed by atoms with Gasteiger partial charge in [0, 0.05) is 48.5 Å². The van der Waals surface area contributed by atoms with E-state index in [0.29, 0.717) is 18.1 Å². The normalized spacial score (nSPS) is 17.8. The number of hydrogen-bond donors (Lipinski definition) is 1. The summed E-state index contributed by atoms with van der Waals surface area (Å²) in [6.07, 6.45) is 8.62. The quantitative estimate of drug-likeness (QED) is 0.458. The Bertz CT molecular complexity index is 1200. The third kappa shape index (κ3) is 6.50. The highest BCUT2D eigenvalue weighted by molar-refractivity contribution is 5.97. The van der Waals surface area contributed by atoms with Crippen LogP contribution in [0.3, 0.4) is 0 Å². The molecule has 2 aromatic rings. The van der Waals surface area contributed by atoms with Crippen LogP contribution in [-0.2, 0) is 14.3 Å². The molecule has 1 aromatic carbocycles. The Morgan fingerprint density at radius 3 is 2.33 bits per heavy atom. The van der Waals surface area contributed by atoms with Crippen molar-refractivity contribution < 1.29 is 23.9 Å². The Kier molecular flexibility index (Phi) is 8.47. The molecule has 2 N–H and O–H groups in total. The molecule has 4 rings (SSSR count). The van der Waals surface area contributed by atoms with Crippen molar-refractivity contribution in [2.24, 2.45) is 11.1 Å². The first-order valence-corrected chi connectivity index (χ1v) is 14.2. The maximum atomic E-state index is 12.5. The number of piperidine rings is 1. The second-order valence-corrected chi connectivity index (χ2v) is 12.1. The van der Waals surface area contributed by atoms with E-state index < -0.39 is 11.6 Å². The summed E-state index contributed by atoms with van der Waals surface area (Å²) in [6, 6.07) is 5.93. The predicted molar refractivity (Wildman–Crippen MR) is 152 cm³/mol. The zero-order valence-corrected chi connectivity index (χ0v) is 24.1. The van der Waals surface area contributed by atoms with Gasteiger partial charge in [-0.1, -0.05) is 0 Å². The number of fused-ring (bicyclic) bond motifs is 1. The molecule has 2 heterocycles. The summed E-state index contributed by atoms with van der Waals surface area (Å²) >= 11 is 0. The van der Waals surface area contributed by atoms with Gasteiger partial charge in [0.1, 0.15) is 5.60 Å². The molecular formula is C30H44N4O5. The van der Waals surface area contributed by atoms with Crippen molar-refractivity contribution in [3.63, 3.8) is 0 Å². The molecule has 9 nitrogen and oxygen atoms in total. The number of aryl methyl sites for hydroxylation is 1. The number of esters is 1. The van der Waals surface area contributed by atoms with Crippen molar-refractivity contribution in [1.82, 2.24) is 9.47 Å². The topological polar surface area (TPSA) is 107 Å². The second-order valence-electron chi connectivity index (χ2n) is 12.1. The molecule has 2 fully saturated rings. The summed E-state index contributed by atoms with van der Waals surface area (Å²) in [7, 11) is 0. The van der Waals surface area contributed by atoms with Crippen molar-refractivity contribution in [2.45, 2.75) is 91.2 Å². The van der Waals surface area contributed by atoms with E-state index in [0.717, 1.165) is 73.8 Å². The minimum Gasteiger partial charge on any atom is -0.466 e. The van der Waals surface area contributed by atoms with Crippen LogP contribution >= 0.6 is 0 Å². The van der Waals surface area contributed by atoms with E-state index in [2.05, 4.69) is 22.9 Å². The van der Waals surface area contributed by atoms with Gasteiger partial charge in [0.15, 0.2) is 0 Å². The van der Waals surface area contributed by atoms with E-state index in [1.807, 2.05) is 38.7 Å². The molecule has 1 saturated carbocycles. The lowest BCUT2D eigenvalue weighted by molar-refractivity contribution is -0.142. The first kappa shape index (κ1) is 28.8. The Morgan fingerprint density at radius 2 is 1.74 bits per heavy atom. The number of rotatable bonds is 6. The van der Waals surface area contributed by atoms with Gasteiger partial charge in [0.2, 0.25) is 0 Å². The second kappa shape index (κ2) is 11.5. The first-order valence-electron chi connectivity index (χ1n) is 14.2. The van der Waals surface area contributed by atoms with Gasteiger partial charge in [0.05, 0.1) is 13.0 Å². The third-order valence-corrected chi connectivity index (χ3v) is 8.43. The molecule has 2 aliphatic rings. The predicted octanol–water partition coefficient (Wildman–Crippen LogP) is 5.92. The Morgan fingerprint density at radius 1 is 1.08 bits per heavy atom. The van der Waals surface area contributed by atoms with E-state index in [1.54, 1.807) is 6.92 Å². The van der Waals surface area contributed by atoms with Gasteiger partial charge in [-0.2, -0.15) is 0 Å². The minimum absolute atomic E-state index is 0.0919. The molecule has 1 aliphatic carbocycles. The molecule has 39 heavy (non-hydrogen) atoms. The molecule has 0 radical (unpaired) electrons. The van der Waals surface area contributed by atoms with Crippen LogP contribution in [0.1, 0.15) is 84.2 Å². The van der Waals surface area contributed by atoms with Crippen LogP contribution < -0.4 is 10.6 Å². The number of nitrogens with two attached hydrogens (primary N) is 1. The highest BCUT2D eigenvalue weighted by atomic mass is 16.6. The average molecular weight is 541 g/mol. The number of aromatic nitrogens is 1. The number of carbonyl (C=O) groups is 3. The SMILES string of the molecule is CCOC(=O)CCN(C(N)=O)c1ccc2c(ccn2C2CCC3(CC2)CCN(C(=O)OC(C)(C)C)CC3)c1C. The monoisotopic (exact) mass is 540 g/mol. The van der Waals surface area contributed by atoms with Crippen LogP contribution in [0, 0.1) is 12.3 Å². The van der Waals surface area contributed by atoms with E-state index in [-0.39, 0.29) is 25.0 Å². The van der Waals surface area contributed by atoms with E-state index in [9.17, 15) is 14.4 Å². The summed E-state index contributed by atoms with van der Waals surface area (Å²) in [5.74, 6) is -0.348. The molecule has 1 aromatic heterocycles. The van der Waals surface area contributed by atoms with Crippen LogP contribution in [-0.4, -0.2) is 59.4 Å². The molecule has 1 aliphatic heterocycles. The van der Waals surface area contributed by atoms with Crippen LogP contribution in [0.25, 0.3) is 10.9 Å². The Balaban J connectivity index is 1.41. The van der Waals surface area contributed by atoms with E-state index >= 15 is 0 Å². The zero-order valence-electron chi connectivity index (χ0n) is 24.1. The van der Waals surface area contributed by atoms with Crippen molar-refractivity contribution in [1.29, 1.82) is 0 Å². The van der Waals surface area contributed by atoms with Crippen molar-refractivity contribution in [3.05, 3.63) is 30.0 Å². The molecule has 1 spiro atoms. The van der Waals surface area contributed by atoms with Crippen LogP contribution in [0.15, 0.2) is 24.4 Å². The lowest BCUT2D eigenvalue weighted by atomic mass is 9.67. The van der Waals surface area contributed by atoms with Gasteiger partial charge in [-0.25, -0.2) is 9.59 Å². The average Bonchev–Trinajstić information content (AvgIpc) is 3.30. The van der Waals surface area contributed by atoms with E-state index in [4.69, 9.17) is 15.2 Å². The van der Waals surface area contributed by atoms with Gasteiger partial charge >= 0.3 is 18.1 Å². The molecule has 0 atom stereocenters. The smallest absolute Gasteiger partial charge is 0.410 e.